The number of anilines is 1. The third kappa shape index (κ3) is 5.42. The van der Waals surface area contributed by atoms with Crippen LogP contribution in [0.25, 0.3) is 0 Å². The highest BCUT2D eigenvalue weighted by Gasteiger charge is 2.29. The van der Waals surface area contributed by atoms with Crippen LogP contribution in [0, 0.1) is 0 Å². The van der Waals surface area contributed by atoms with E-state index in [2.05, 4.69) is 20.8 Å². The summed E-state index contributed by atoms with van der Waals surface area (Å²) in [5.74, 6) is 0.930. The van der Waals surface area contributed by atoms with Gasteiger partial charge in [-0.15, -0.1) is 5.10 Å². The molecule has 1 fully saturated rings. The quantitative estimate of drug-likeness (QED) is 0.510. The van der Waals surface area contributed by atoms with Crippen LogP contribution in [-0.2, 0) is 14.6 Å². The van der Waals surface area contributed by atoms with E-state index in [0.29, 0.717) is 28.4 Å². The summed E-state index contributed by atoms with van der Waals surface area (Å²) in [6.07, 6.45) is 3.29. The van der Waals surface area contributed by atoms with Crippen LogP contribution in [0.2, 0.25) is 0 Å². The fourth-order valence-corrected chi connectivity index (χ4v) is 4.25. The van der Waals surface area contributed by atoms with Crippen molar-refractivity contribution in [2.24, 2.45) is 0 Å². The zero-order valence-electron chi connectivity index (χ0n) is 16.9. The number of benzene rings is 2. The van der Waals surface area contributed by atoms with Gasteiger partial charge in [-0.05, 0) is 78.7 Å². The number of amides is 1. The topological polar surface area (TPSA) is 116 Å². The summed E-state index contributed by atoms with van der Waals surface area (Å²) in [5.41, 5.74) is 0.638. The Bertz CT molecular complexity index is 1170. The molecule has 11 heteroatoms. The van der Waals surface area contributed by atoms with Crippen LogP contribution in [0.3, 0.4) is 0 Å². The summed E-state index contributed by atoms with van der Waals surface area (Å²) in [5, 5.41) is 14.9. The molecule has 0 bridgehead atoms. The summed E-state index contributed by atoms with van der Waals surface area (Å²) in [7, 11) is -3.25. The van der Waals surface area contributed by atoms with Gasteiger partial charge in [0.25, 0.3) is 0 Å². The largest absolute Gasteiger partial charge is 0.457 e. The summed E-state index contributed by atoms with van der Waals surface area (Å²) >= 11 is 1.33. The molecule has 0 unspecified atom stereocenters. The normalized spacial score (nSPS) is 14.8. The molecule has 1 aliphatic carbocycles. The minimum atomic E-state index is -3.25. The van der Waals surface area contributed by atoms with Crippen LogP contribution in [0.15, 0.2) is 58.6 Å². The van der Waals surface area contributed by atoms with Crippen molar-refractivity contribution in [3.8, 4) is 11.5 Å². The number of sulfone groups is 1. The van der Waals surface area contributed by atoms with Crippen LogP contribution in [0.4, 0.5) is 5.69 Å². The number of carbonyl (C=O) groups is 1. The Hall–Kier alpha value is -2.92. The lowest BCUT2D eigenvalue weighted by atomic mass is 10.3. The van der Waals surface area contributed by atoms with Gasteiger partial charge in [-0.2, -0.15) is 0 Å². The summed E-state index contributed by atoms with van der Waals surface area (Å²) in [6.45, 7) is 1.81. The minimum Gasteiger partial charge on any atom is -0.457 e. The van der Waals surface area contributed by atoms with E-state index in [-0.39, 0.29) is 16.1 Å². The smallest absolute Gasteiger partial charge is 0.237 e. The number of carbonyl (C=O) groups excluding carboxylic acids is 1. The number of thioether (sulfide) groups is 1. The second kappa shape index (κ2) is 8.67. The number of nitrogens with zero attached hydrogens (tertiary/aromatic N) is 4. The first-order chi connectivity index (χ1) is 14.8. The zero-order chi connectivity index (χ0) is 22.0. The maximum atomic E-state index is 12.5. The van der Waals surface area contributed by atoms with E-state index < -0.39 is 9.84 Å². The van der Waals surface area contributed by atoms with Crippen LogP contribution in [0.5, 0.6) is 11.5 Å². The van der Waals surface area contributed by atoms with Gasteiger partial charge in [-0.3, -0.25) is 4.79 Å². The van der Waals surface area contributed by atoms with Crippen molar-refractivity contribution < 1.29 is 17.9 Å². The first kappa shape index (κ1) is 21.3. The molecular weight excluding hydrogens is 438 g/mol. The molecule has 4 rings (SSSR count). The van der Waals surface area contributed by atoms with Crippen molar-refractivity contribution in [1.82, 2.24) is 20.2 Å². The van der Waals surface area contributed by atoms with Crippen LogP contribution >= 0.6 is 11.8 Å². The van der Waals surface area contributed by atoms with E-state index in [9.17, 15) is 13.2 Å². The molecule has 162 valence electrons. The Morgan fingerprint density at radius 2 is 1.74 bits per heavy atom. The molecule has 0 radical (unpaired) electrons. The van der Waals surface area contributed by atoms with E-state index in [1.165, 1.54) is 23.9 Å². The SMILES string of the molecule is C[C@H](Sc1nnnn1C1CC1)C(=O)Nc1ccc(Oc2ccc(S(C)(=O)=O)cc2)cc1. The van der Waals surface area contributed by atoms with E-state index >= 15 is 0 Å². The van der Waals surface area contributed by atoms with Gasteiger partial charge in [0.15, 0.2) is 9.84 Å². The van der Waals surface area contributed by atoms with Crippen molar-refractivity contribution in [3.05, 3.63) is 48.5 Å². The fraction of sp³-hybridized carbons (Fsp3) is 0.300. The monoisotopic (exact) mass is 459 g/mol. The molecule has 0 aliphatic heterocycles. The second-order valence-corrected chi connectivity index (χ2v) is 10.6. The second-order valence-electron chi connectivity index (χ2n) is 7.26. The molecule has 1 aliphatic rings. The number of rotatable bonds is 8. The van der Waals surface area contributed by atoms with Gasteiger partial charge < -0.3 is 10.1 Å². The van der Waals surface area contributed by atoms with Crippen molar-refractivity contribution in [2.75, 3.05) is 11.6 Å². The van der Waals surface area contributed by atoms with Crippen LogP contribution < -0.4 is 10.1 Å². The van der Waals surface area contributed by atoms with Crippen molar-refractivity contribution >= 4 is 33.2 Å². The summed E-state index contributed by atoms with van der Waals surface area (Å²) in [6, 6.07) is 13.5. The third-order valence-corrected chi connectivity index (χ3v) is 6.79. The van der Waals surface area contributed by atoms with Crippen LogP contribution in [0.1, 0.15) is 25.8 Å². The van der Waals surface area contributed by atoms with Crippen molar-refractivity contribution in [1.29, 1.82) is 0 Å². The third-order valence-electron chi connectivity index (χ3n) is 4.62. The Balaban J connectivity index is 1.33. The van der Waals surface area contributed by atoms with E-state index in [0.717, 1.165) is 19.1 Å². The number of aromatic nitrogens is 4. The first-order valence-corrected chi connectivity index (χ1v) is 12.4. The average molecular weight is 460 g/mol. The predicted octanol–water partition coefficient (Wildman–Crippen LogP) is 3.32. The Morgan fingerprint density at radius 1 is 1.13 bits per heavy atom. The molecule has 0 saturated heterocycles. The van der Waals surface area contributed by atoms with Gasteiger partial charge in [-0.25, -0.2) is 13.1 Å². The fourth-order valence-electron chi connectivity index (χ4n) is 2.76. The van der Waals surface area contributed by atoms with E-state index in [1.54, 1.807) is 41.1 Å². The standard InChI is InChI=1S/C20H21N5O4S2/c1-13(30-20-22-23-24-25(20)15-5-6-15)19(26)21-14-3-7-16(8-4-14)29-17-9-11-18(12-10-17)31(2,27)28/h3-4,7-13,15H,5-6H2,1-2H3,(H,21,26)/t13-/m0/s1. The maximum Gasteiger partial charge on any atom is 0.237 e. The van der Waals surface area contributed by atoms with Gasteiger partial charge in [0.05, 0.1) is 16.2 Å². The predicted molar refractivity (Wildman–Crippen MR) is 116 cm³/mol. The number of tetrazole rings is 1. The number of hydrogen-bond donors (Lipinski definition) is 1. The molecule has 1 amide bonds. The van der Waals surface area contributed by atoms with Crippen molar-refractivity contribution in [3.63, 3.8) is 0 Å². The van der Waals surface area contributed by atoms with E-state index in [4.69, 9.17) is 4.74 Å². The first-order valence-electron chi connectivity index (χ1n) is 9.63. The molecule has 1 aromatic heterocycles. The van der Waals surface area contributed by atoms with Gasteiger partial charge in [0, 0.05) is 11.9 Å². The molecule has 2 aromatic carbocycles. The van der Waals surface area contributed by atoms with Crippen molar-refractivity contribution in [2.45, 2.75) is 41.1 Å². The summed E-state index contributed by atoms with van der Waals surface area (Å²) in [4.78, 5) is 12.8. The van der Waals surface area contributed by atoms with Gasteiger partial charge in [0.2, 0.25) is 11.1 Å². The molecule has 31 heavy (non-hydrogen) atoms. The Morgan fingerprint density at radius 3 is 2.32 bits per heavy atom. The molecule has 1 saturated carbocycles. The molecule has 1 atom stereocenters. The zero-order valence-corrected chi connectivity index (χ0v) is 18.6. The molecule has 3 aromatic rings. The number of hydrogen-bond acceptors (Lipinski definition) is 8. The highest BCUT2D eigenvalue weighted by Crippen LogP contribution is 2.37. The molecular formula is C20H21N5O4S2. The Kier molecular flexibility index (Phi) is 5.96. The lowest BCUT2D eigenvalue weighted by Crippen LogP contribution is -2.22. The average Bonchev–Trinajstić information content (AvgIpc) is 3.48. The minimum absolute atomic E-state index is 0.152. The number of ether oxygens (including phenoxy) is 1. The van der Waals surface area contributed by atoms with Gasteiger partial charge in [-0.1, -0.05) is 11.8 Å². The van der Waals surface area contributed by atoms with Gasteiger partial charge in [0.1, 0.15) is 11.5 Å². The molecule has 0 spiro atoms. The molecule has 1 N–H and O–H groups in total. The van der Waals surface area contributed by atoms with Crippen LogP contribution in [-0.4, -0.2) is 46.0 Å². The lowest BCUT2D eigenvalue weighted by Gasteiger charge is -2.12. The summed E-state index contributed by atoms with van der Waals surface area (Å²) < 4.78 is 30.6. The highest BCUT2D eigenvalue weighted by molar-refractivity contribution is 8.00. The highest BCUT2D eigenvalue weighted by atomic mass is 32.2. The Labute approximate surface area is 184 Å². The van der Waals surface area contributed by atoms with Gasteiger partial charge >= 0.3 is 0 Å². The maximum absolute atomic E-state index is 12.5. The number of nitrogens with one attached hydrogen (secondary N) is 1. The lowest BCUT2D eigenvalue weighted by molar-refractivity contribution is -0.115. The van der Waals surface area contributed by atoms with E-state index in [1.807, 2.05) is 6.92 Å². The molecule has 9 nitrogen and oxygen atoms in total. The molecule has 1 heterocycles.